The Bertz CT molecular complexity index is 671. The first-order valence-electron chi connectivity index (χ1n) is 7.71. The van der Waals surface area contributed by atoms with Crippen molar-refractivity contribution < 1.29 is 54.8 Å². The van der Waals surface area contributed by atoms with Gasteiger partial charge in [-0.15, -0.1) is 6.04 Å². The van der Waals surface area contributed by atoms with E-state index in [2.05, 4.69) is 17.2 Å². The molecule has 0 aromatic carbocycles. The molecule has 1 heterocycles. The van der Waals surface area contributed by atoms with E-state index in [1.165, 1.54) is 12.1 Å². The first-order chi connectivity index (χ1) is 11.2. The number of hydrogen-bond donors (Lipinski definition) is 2. The van der Waals surface area contributed by atoms with Gasteiger partial charge in [-0.25, -0.2) is 0 Å². The predicted octanol–water partition coefficient (Wildman–Crippen LogP) is 1.48. The van der Waals surface area contributed by atoms with Crippen molar-refractivity contribution >= 4 is 5.91 Å². The number of aromatic amines is 1. The zero-order chi connectivity index (χ0) is 17.9. The zero-order valence-electron chi connectivity index (χ0n) is 14.6. The normalized spacial score (nSPS) is 20.1. The molecule has 0 bridgehead atoms. The molecule has 1 saturated carbocycles. The number of halogens is 3. The molecule has 0 aliphatic heterocycles. The Morgan fingerprint density at radius 2 is 1.81 bits per heavy atom. The molecule has 1 aromatic rings. The Morgan fingerprint density at radius 3 is 2.26 bits per heavy atom. The Hall–Kier alpha value is -1.26. The third-order valence-electron chi connectivity index (χ3n) is 4.36. The number of nitrogens with one attached hydrogen (secondary N) is 2. The van der Waals surface area contributed by atoms with Crippen molar-refractivity contribution in [2.75, 3.05) is 0 Å². The predicted molar refractivity (Wildman–Crippen MR) is 90.5 cm³/mol. The van der Waals surface area contributed by atoms with E-state index in [1.54, 1.807) is 6.07 Å². The van der Waals surface area contributed by atoms with E-state index in [-0.39, 0.29) is 61.1 Å². The largest absolute Gasteiger partial charge is 0.519 e. The molecule has 1 aliphatic carbocycles. The van der Waals surface area contributed by atoms with E-state index in [4.69, 9.17) is 6.58 Å². The molecule has 1 radical (unpaired) electrons. The van der Waals surface area contributed by atoms with Crippen LogP contribution in [0.3, 0.4) is 0 Å². The van der Waals surface area contributed by atoms with Crippen molar-refractivity contribution in [2.24, 2.45) is 5.92 Å². The summed E-state index contributed by atoms with van der Waals surface area (Å²) in [4.78, 5) is 26.6. The second kappa shape index (κ2) is 11.6. The number of amides is 1. The maximum atomic E-state index is 12.7. The molecule has 151 valence electrons. The summed E-state index contributed by atoms with van der Waals surface area (Å²) < 4.78 is 38.1. The van der Waals surface area contributed by atoms with Gasteiger partial charge in [0.15, 0.2) is 0 Å². The fourth-order valence-electron chi connectivity index (χ4n) is 2.93. The first kappa shape index (κ1) is 28.0. The fourth-order valence-corrected chi connectivity index (χ4v) is 2.93. The average Bonchev–Trinajstić information content (AvgIpc) is 2.53. The Balaban J connectivity index is 0. The maximum Gasteiger partial charge on any atom is 0.391 e. The van der Waals surface area contributed by atoms with Gasteiger partial charge in [-0.3, -0.25) is 15.7 Å². The minimum absolute atomic E-state index is 0. The van der Waals surface area contributed by atoms with Crippen LogP contribution < -0.4 is 10.9 Å². The SMILES string of the molecule is O.O.[CH-]=C[C@H]([CH2-])NC(=O)c1ccc(C2CCC(C(F)(F)F)CC2)[nH]c1=O.[Sc]. The van der Waals surface area contributed by atoms with Gasteiger partial charge in [0.1, 0.15) is 5.56 Å². The van der Waals surface area contributed by atoms with Crippen LogP contribution in [0.2, 0.25) is 0 Å². The summed E-state index contributed by atoms with van der Waals surface area (Å²) >= 11 is 0. The van der Waals surface area contributed by atoms with Crippen LogP contribution in [-0.2, 0) is 25.8 Å². The first-order valence-corrected chi connectivity index (χ1v) is 7.71. The van der Waals surface area contributed by atoms with Crippen LogP contribution in [0, 0.1) is 19.4 Å². The Kier molecular flexibility index (Phi) is 12.0. The van der Waals surface area contributed by atoms with E-state index in [9.17, 15) is 22.8 Å². The van der Waals surface area contributed by atoms with Crippen LogP contribution >= 0.6 is 0 Å². The fraction of sp³-hybridized carbons (Fsp3) is 0.471. The van der Waals surface area contributed by atoms with E-state index in [0.717, 1.165) is 0 Å². The molecule has 6 nitrogen and oxygen atoms in total. The van der Waals surface area contributed by atoms with Crippen molar-refractivity contribution in [3.05, 3.63) is 53.3 Å². The molecule has 6 N–H and O–H groups in total. The molecule has 1 amide bonds. The number of rotatable bonds is 4. The average molecular weight is 421 g/mol. The molecule has 10 heteroatoms. The minimum atomic E-state index is -4.16. The number of H-pyrrole nitrogens is 1. The number of alkyl halides is 3. The molecular weight excluding hydrogens is 398 g/mol. The molecule has 0 unspecified atom stereocenters. The summed E-state index contributed by atoms with van der Waals surface area (Å²) in [6, 6.07) is 2.33. The van der Waals surface area contributed by atoms with E-state index in [1.807, 2.05) is 0 Å². The molecule has 1 atom stereocenters. The third kappa shape index (κ3) is 7.34. The molecule has 2 rings (SSSR count). The Morgan fingerprint density at radius 1 is 1.26 bits per heavy atom. The van der Waals surface area contributed by atoms with Crippen molar-refractivity contribution in [3.8, 4) is 0 Å². The Labute approximate surface area is 174 Å². The number of hydrogen-bond acceptors (Lipinski definition) is 2. The van der Waals surface area contributed by atoms with Gasteiger partial charge < -0.3 is 34.8 Å². The van der Waals surface area contributed by atoms with Gasteiger partial charge in [0, 0.05) is 31.5 Å². The summed E-state index contributed by atoms with van der Waals surface area (Å²) in [5.41, 5.74) is -0.0980. The molecule has 0 spiro atoms. The zero-order valence-corrected chi connectivity index (χ0v) is 16.4. The monoisotopic (exact) mass is 421 g/mol. The number of carbonyl (C=O) groups excluding carboxylic acids is 1. The summed E-state index contributed by atoms with van der Waals surface area (Å²) in [5.74, 6) is -2.01. The minimum Gasteiger partial charge on any atom is -0.519 e. The number of carbonyl (C=O) groups is 1. The molecule has 1 aliphatic rings. The summed E-state index contributed by atoms with van der Waals surface area (Å²) in [5, 5.41) is 2.43. The molecule has 1 aromatic heterocycles. The van der Waals surface area contributed by atoms with Gasteiger partial charge in [0.05, 0.1) is 5.92 Å². The van der Waals surface area contributed by atoms with Crippen LogP contribution in [0.4, 0.5) is 13.2 Å². The number of pyridine rings is 1. The van der Waals surface area contributed by atoms with Crippen LogP contribution in [0.15, 0.2) is 23.0 Å². The van der Waals surface area contributed by atoms with Crippen molar-refractivity contribution in [1.82, 2.24) is 10.3 Å². The van der Waals surface area contributed by atoms with Gasteiger partial charge in [0.25, 0.3) is 11.5 Å². The van der Waals surface area contributed by atoms with Gasteiger partial charge in [-0.05, 0) is 43.7 Å². The smallest absolute Gasteiger partial charge is 0.391 e. The van der Waals surface area contributed by atoms with Gasteiger partial charge in [-0.2, -0.15) is 13.2 Å². The van der Waals surface area contributed by atoms with Crippen LogP contribution in [0.25, 0.3) is 0 Å². The topological polar surface area (TPSA) is 125 Å². The van der Waals surface area contributed by atoms with Crippen molar-refractivity contribution in [1.29, 1.82) is 0 Å². The third-order valence-corrected chi connectivity index (χ3v) is 4.36. The van der Waals surface area contributed by atoms with Gasteiger partial charge >= 0.3 is 6.18 Å². The summed E-state index contributed by atoms with van der Waals surface area (Å²) in [6.07, 6.45) is -2.17. The van der Waals surface area contributed by atoms with Gasteiger partial charge in [-0.1, -0.05) is 0 Å². The van der Waals surface area contributed by atoms with Crippen LogP contribution in [-0.4, -0.2) is 34.1 Å². The maximum absolute atomic E-state index is 12.7. The number of aromatic nitrogens is 1. The van der Waals surface area contributed by atoms with Crippen molar-refractivity contribution in [2.45, 2.75) is 43.8 Å². The van der Waals surface area contributed by atoms with Crippen molar-refractivity contribution in [3.63, 3.8) is 0 Å². The second-order valence-electron chi connectivity index (χ2n) is 6.02. The molecular formula is C17H23F3N2O4Sc-2. The summed E-state index contributed by atoms with van der Waals surface area (Å²) in [7, 11) is 0. The van der Waals surface area contributed by atoms with E-state index in [0.29, 0.717) is 18.5 Å². The van der Waals surface area contributed by atoms with Crippen LogP contribution in [0.5, 0.6) is 0 Å². The summed E-state index contributed by atoms with van der Waals surface area (Å²) in [6.45, 7) is 8.78. The second-order valence-corrected chi connectivity index (χ2v) is 6.02. The molecule has 0 saturated heterocycles. The molecule has 1 fully saturated rings. The van der Waals surface area contributed by atoms with Crippen LogP contribution in [0.1, 0.15) is 47.7 Å². The quantitative estimate of drug-likeness (QED) is 0.715. The molecule has 27 heavy (non-hydrogen) atoms. The van der Waals surface area contributed by atoms with Gasteiger partial charge in [0.2, 0.25) is 0 Å². The van der Waals surface area contributed by atoms with E-state index < -0.39 is 29.6 Å². The van der Waals surface area contributed by atoms with E-state index >= 15 is 0 Å². The standard InChI is InChI=1S/C17H19F3N2O2.2H2O.Sc/c1-3-10(2)21-15(23)13-8-9-14(22-16(13)24)11-4-6-12(7-5-11)17(18,19)20;;;/h1,3,8-12H,2,4-7H2,(H,21,23)(H,22,24);2*1H2;/q-2;;;/t10-,11?,12?;;;/m0.../s1.